The summed E-state index contributed by atoms with van der Waals surface area (Å²) in [5.41, 5.74) is 1.43. The maximum Gasteiger partial charge on any atom is 0.268 e. The third kappa shape index (κ3) is 3.61. The number of aryl methyl sites for hydroxylation is 1. The Morgan fingerprint density at radius 2 is 1.61 bits per heavy atom. The molecule has 8 nitrogen and oxygen atoms in total. The molecule has 5 rings (SSSR count). The van der Waals surface area contributed by atoms with Gasteiger partial charge in [-0.25, -0.2) is 12.4 Å². The van der Waals surface area contributed by atoms with Crippen LogP contribution in [-0.2, 0) is 10.0 Å². The van der Waals surface area contributed by atoms with Crippen LogP contribution in [0.2, 0.25) is 5.02 Å². The molecule has 10 heteroatoms. The molecule has 164 valence electrons. The molecule has 0 aliphatic rings. The van der Waals surface area contributed by atoms with E-state index in [0.717, 1.165) is 9.54 Å². The summed E-state index contributed by atoms with van der Waals surface area (Å²) >= 11 is 5.98. The van der Waals surface area contributed by atoms with E-state index in [-0.39, 0.29) is 32.6 Å². The smallest absolute Gasteiger partial charge is 0.268 e. The van der Waals surface area contributed by atoms with E-state index in [4.69, 9.17) is 11.6 Å². The van der Waals surface area contributed by atoms with Crippen molar-refractivity contribution in [2.75, 3.05) is 0 Å². The van der Waals surface area contributed by atoms with E-state index in [2.05, 4.69) is 15.5 Å². The molecule has 0 bridgehead atoms. The second-order valence-corrected chi connectivity index (χ2v) is 9.65. The van der Waals surface area contributed by atoms with E-state index in [0.29, 0.717) is 10.7 Å². The molecule has 0 aliphatic heterocycles. The molecule has 0 spiro atoms. The second-order valence-electron chi connectivity index (χ2n) is 7.39. The Labute approximate surface area is 193 Å². The molecule has 0 saturated carbocycles. The van der Waals surface area contributed by atoms with Crippen molar-refractivity contribution in [3.05, 3.63) is 99.8 Å². The van der Waals surface area contributed by atoms with Crippen molar-refractivity contribution in [1.29, 1.82) is 0 Å². The lowest BCUT2D eigenvalue weighted by Crippen LogP contribution is -2.20. The Morgan fingerprint density at radius 1 is 0.909 bits per heavy atom. The number of hydrogen-bond acceptors (Lipinski definition) is 6. The van der Waals surface area contributed by atoms with Crippen molar-refractivity contribution in [1.82, 2.24) is 24.2 Å². The molecule has 0 N–H and O–H groups in total. The van der Waals surface area contributed by atoms with Gasteiger partial charge in [0.25, 0.3) is 10.0 Å². The lowest BCUT2D eigenvalue weighted by Gasteiger charge is -2.14. The van der Waals surface area contributed by atoms with E-state index in [1.807, 2.05) is 6.92 Å². The standard InChI is InChI=1S/C23H16ClN5O3S/c1-15-6-12-18(13-7-15)33(31,32)28-14-20(22(30)19-4-2-3-5-21(19)28)23-25-26-27-29(23)17-10-8-16(24)9-11-17/h2-14H,1H3. The van der Waals surface area contributed by atoms with Crippen molar-refractivity contribution in [3.8, 4) is 17.1 Å². The Balaban J connectivity index is 1.79. The Hall–Kier alpha value is -3.82. The summed E-state index contributed by atoms with van der Waals surface area (Å²) < 4.78 is 29.6. The lowest BCUT2D eigenvalue weighted by atomic mass is 10.1. The molecule has 3 aromatic carbocycles. The van der Waals surface area contributed by atoms with Crippen LogP contribution >= 0.6 is 11.6 Å². The van der Waals surface area contributed by atoms with Gasteiger partial charge in [0.05, 0.1) is 21.7 Å². The average Bonchev–Trinajstić information content (AvgIpc) is 3.30. The molecule has 33 heavy (non-hydrogen) atoms. The number of nitrogens with zero attached hydrogens (tertiary/aromatic N) is 5. The zero-order valence-corrected chi connectivity index (χ0v) is 18.8. The van der Waals surface area contributed by atoms with Crippen LogP contribution in [0.15, 0.2) is 88.7 Å². The third-order valence-electron chi connectivity index (χ3n) is 5.24. The summed E-state index contributed by atoms with van der Waals surface area (Å²) in [5, 5.41) is 12.5. The van der Waals surface area contributed by atoms with Crippen molar-refractivity contribution in [2.45, 2.75) is 11.8 Å². The van der Waals surface area contributed by atoms with E-state index in [1.165, 1.54) is 23.0 Å². The van der Waals surface area contributed by atoms with Gasteiger partial charge in [-0.05, 0) is 65.9 Å². The van der Waals surface area contributed by atoms with Crippen LogP contribution in [0.5, 0.6) is 0 Å². The summed E-state index contributed by atoms with van der Waals surface area (Å²) in [4.78, 5) is 13.5. The number of halogens is 1. The Morgan fingerprint density at radius 3 is 2.33 bits per heavy atom. The van der Waals surface area contributed by atoms with Crippen LogP contribution in [0.1, 0.15) is 5.56 Å². The fourth-order valence-corrected chi connectivity index (χ4v) is 5.04. The van der Waals surface area contributed by atoms with Gasteiger partial charge < -0.3 is 0 Å². The highest BCUT2D eigenvalue weighted by atomic mass is 35.5. The van der Waals surface area contributed by atoms with Gasteiger partial charge in [0.2, 0.25) is 5.43 Å². The average molecular weight is 478 g/mol. The highest BCUT2D eigenvalue weighted by Crippen LogP contribution is 2.25. The summed E-state index contributed by atoms with van der Waals surface area (Å²) in [7, 11) is -4.01. The van der Waals surface area contributed by atoms with Gasteiger partial charge in [0, 0.05) is 16.6 Å². The molecule has 0 atom stereocenters. The Kier molecular flexibility index (Phi) is 5.07. The van der Waals surface area contributed by atoms with Crippen molar-refractivity contribution < 1.29 is 8.42 Å². The molecule has 2 heterocycles. The van der Waals surface area contributed by atoms with Crippen LogP contribution in [-0.4, -0.2) is 32.6 Å². The molecule has 0 unspecified atom stereocenters. The number of tetrazole rings is 1. The molecule has 0 fully saturated rings. The van der Waals surface area contributed by atoms with Crippen LogP contribution in [0.25, 0.3) is 28.0 Å². The van der Waals surface area contributed by atoms with Gasteiger partial charge in [-0.1, -0.05) is 41.4 Å². The van der Waals surface area contributed by atoms with Crippen LogP contribution in [0, 0.1) is 6.92 Å². The summed E-state index contributed by atoms with van der Waals surface area (Å²) in [6.45, 7) is 1.87. The van der Waals surface area contributed by atoms with Crippen LogP contribution < -0.4 is 5.43 Å². The van der Waals surface area contributed by atoms with Gasteiger partial charge in [-0.3, -0.25) is 4.79 Å². The summed E-state index contributed by atoms with van der Waals surface area (Å²) in [5.74, 6) is 0.112. The monoisotopic (exact) mass is 477 g/mol. The maximum absolute atomic E-state index is 13.6. The minimum absolute atomic E-state index is 0.0457. The first-order chi connectivity index (χ1) is 15.9. The number of aromatic nitrogens is 5. The summed E-state index contributed by atoms with van der Waals surface area (Å²) in [6, 6.07) is 19.8. The molecular weight excluding hydrogens is 462 g/mol. The first-order valence-electron chi connectivity index (χ1n) is 9.87. The number of rotatable bonds is 4. The lowest BCUT2D eigenvalue weighted by molar-refractivity contribution is 0.588. The van der Waals surface area contributed by atoms with E-state index in [9.17, 15) is 13.2 Å². The highest BCUT2D eigenvalue weighted by molar-refractivity contribution is 7.90. The Bertz CT molecular complexity index is 1660. The van der Waals surface area contributed by atoms with Gasteiger partial charge in [0.1, 0.15) is 0 Å². The molecular formula is C23H16ClN5O3S. The maximum atomic E-state index is 13.6. The zero-order chi connectivity index (χ0) is 23.2. The van der Waals surface area contributed by atoms with Crippen LogP contribution in [0.4, 0.5) is 0 Å². The molecule has 0 aliphatic carbocycles. The fourth-order valence-electron chi connectivity index (χ4n) is 3.54. The first kappa shape index (κ1) is 21.0. The second kappa shape index (κ2) is 7.95. The minimum Gasteiger partial charge on any atom is -0.288 e. The van der Waals surface area contributed by atoms with Crippen molar-refractivity contribution in [2.24, 2.45) is 0 Å². The molecule has 0 saturated heterocycles. The quantitative estimate of drug-likeness (QED) is 0.390. The zero-order valence-electron chi connectivity index (χ0n) is 17.3. The number of hydrogen-bond donors (Lipinski definition) is 0. The predicted octanol–water partition coefficient (Wildman–Crippen LogP) is 3.84. The van der Waals surface area contributed by atoms with Gasteiger partial charge >= 0.3 is 0 Å². The molecule has 0 amide bonds. The minimum atomic E-state index is -4.01. The van der Waals surface area contributed by atoms with E-state index < -0.39 is 10.0 Å². The van der Waals surface area contributed by atoms with E-state index in [1.54, 1.807) is 60.7 Å². The van der Waals surface area contributed by atoms with Gasteiger partial charge in [-0.15, -0.1) is 5.10 Å². The molecule has 0 radical (unpaired) electrons. The number of benzene rings is 3. The number of pyridine rings is 1. The van der Waals surface area contributed by atoms with Gasteiger partial charge in [0.15, 0.2) is 5.82 Å². The highest BCUT2D eigenvalue weighted by Gasteiger charge is 2.24. The topological polar surface area (TPSA) is 99.7 Å². The summed E-state index contributed by atoms with van der Waals surface area (Å²) in [6.07, 6.45) is 1.28. The molecule has 2 aromatic heterocycles. The van der Waals surface area contributed by atoms with Crippen LogP contribution in [0.3, 0.4) is 0 Å². The van der Waals surface area contributed by atoms with Crippen molar-refractivity contribution >= 4 is 32.5 Å². The SMILES string of the molecule is Cc1ccc(S(=O)(=O)n2cc(-c3nnnn3-c3ccc(Cl)cc3)c(=O)c3ccccc32)cc1. The fraction of sp³-hybridized carbons (Fsp3) is 0.0435. The largest absolute Gasteiger partial charge is 0.288 e. The molecule has 5 aromatic rings. The van der Waals surface area contributed by atoms with E-state index >= 15 is 0 Å². The normalized spacial score (nSPS) is 11.7. The number of para-hydroxylation sites is 1. The number of fused-ring (bicyclic) bond motifs is 1. The van der Waals surface area contributed by atoms with Gasteiger partial charge in [-0.2, -0.15) is 4.68 Å². The van der Waals surface area contributed by atoms with Crippen molar-refractivity contribution in [3.63, 3.8) is 0 Å². The first-order valence-corrected chi connectivity index (χ1v) is 11.7. The third-order valence-corrected chi connectivity index (χ3v) is 7.18. The predicted molar refractivity (Wildman–Crippen MR) is 125 cm³/mol.